The van der Waals surface area contributed by atoms with E-state index < -0.39 is 0 Å². The van der Waals surface area contributed by atoms with Crippen molar-refractivity contribution in [2.45, 2.75) is 12.5 Å². The van der Waals surface area contributed by atoms with Gasteiger partial charge in [0.15, 0.2) is 0 Å². The van der Waals surface area contributed by atoms with Crippen LogP contribution in [-0.2, 0) is 4.79 Å². The van der Waals surface area contributed by atoms with E-state index in [-0.39, 0.29) is 18.5 Å². The molecule has 0 saturated carbocycles. The van der Waals surface area contributed by atoms with Crippen molar-refractivity contribution in [3.8, 4) is 0 Å². The fourth-order valence-corrected chi connectivity index (χ4v) is 2.78. The Morgan fingerprint density at radius 3 is 2.62 bits per heavy atom. The van der Waals surface area contributed by atoms with Crippen LogP contribution in [0.1, 0.15) is 23.6 Å². The number of hydrogen-bond donors (Lipinski definition) is 0. The van der Waals surface area contributed by atoms with Gasteiger partial charge in [-0.3, -0.25) is 4.79 Å². The molecule has 2 aromatic carbocycles. The zero-order valence-corrected chi connectivity index (χ0v) is 13.5. The lowest BCUT2D eigenvalue weighted by Gasteiger charge is -2.21. The number of hydrazone groups is 1. The van der Waals surface area contributed by atoms with E-state index in [1.165, 1.54) is 5.01 Å². The van der Waals surface area contributed by atoms with Gasteiger partial charge in [0.25, 0.3) is 0 Å². The van der Waals surface area contributed by atoms with Crippen LogP contribution in [-0.4, -0.2) is 23.2 Å². The van der Waals surface area contributed by atoms with Gasteiger partial charge in [-0.2, -0.15) is 5.10 Å². The minimum Gasteiger partial charge on any atom is -0.273 e. The van der Waals surface area contributed by atoms with Crippen LogP contribution in [0.25, 0.3) is 10.4 Å². The summed E-state index contributed by atoms with van der Waals surface area (Å²) in [4.78, 5) is 15.0. The fourth-order valence-electron chi connectivity index (χ4n) is 2.66. The third kappa shape index (κ3) is 3.40. The van der Waals surface area contributed by atoms with Crippen molar-refractivity contribution in [3.05, 3.63) is 81.2 Å². The second-order valence-corrected chi connectivity index (χ2v) is 5.75. The number of halogens is 1. The van der Waals surface area contributed by atoms with Gasteiger partial charge in [0.2, 0.25) is 5.91 Å². The van der Waals surface area contributed by atoms with Gasteiger partial charge in [-0.15, -0.1) is 0 Å². The molecule has 1 aliphatic rings. The maximum absolute atomic E-state index is 12.4. The average Bonchev–Trinajstić information content (AvgIpc) is 3.06. The van der Waals surface area contributed by atoms with E-state index in [1.54, 1.807) is 12.1 Å². The molecule has 1 amide bonds. The van der Waals surface area contributed by atoms with E-state index in [9.17, 15) is 4.79 Å². The second kappa shape index (κ2) is 7.17. The minimum absolute atomic E-state index is 0.210. The third-order valence-corrected chi connectivity index (χ3v) is 4.05. The smallest absolute Gasteiger partial charge is 0.249 e. The molecule has 0 aliphatic carbocycles. The van der Waals surface area contributed by atoms with Crippen molar-refractivity contribution < 1.29 is 4.79 Å². The van der Waals surface area contributed by atoms with Crippen LogP contribution in [0, 0.1) is 0 Å². The van der Waals surface area contributed by atoms with Gasteiger partial charge < -0.3 is 0 Å². The average molecular weight is 340 g/mol. The molecule has 1 heterocycles. The van der Waals surface area contributed by atoms with Gasteiger partial charge in [0, 0.05) is 16.4 Å². The van der Waals surface area contributed by atoms with Crippen molar-refractivity contribution in [2.24, 2.45) is 10.2 Å². The number of nitrogens with zero attached hydrogens (tertiary/aromatic N) is 5. The predicted molar refractivity (Wildman–Crippen MR) is 92.6 cm³/mol. The largest absolute Gasteiger partial charge is 0.273 e. The Morgan fingerprint density at radius 2 is 1.96 bits per heavy atom. The van der Waals surface area contributed by atoms with Gasteiger partial charge in [-0.1, -0.05) is 59.2 Å². The Morgan fingerprint density at radius 1 is 1.25 bits per heavy atom. The van der Waals surface area contributed by atoms with Gasteiger partial charge in [0.05, 0.1) is 11.8 Å². The first-order valence-electron chi connectivity index (χ1n) is 7.40. The van der Waals surface area contributed by atoms with Crippen LogP contribution in [0.4, 0.5) is 0 Å². The summed E-state index contributed by atoms with van der Waals surface area (Å²) in [5.41, 5.74) is 11.1. The highest BCUT2D eigenvalue weighted by Crippen LogP contribution is 2.32. The van der Waals surface area contributed by atoms with E-state index in [0.29, 0.717) is 11.4 Å². The van der Waals surface area contributed by atoms with E-state index in [4.69, 9.17) is 17.1 Å². The fraction of sp³-hybridized carbons (Fsp3) is 0.176. The highest BCUT2D eigenvalue weighted by atomic mass is 35.5. The van der Waals surface area contributed by atoms with Crippen LogP contribution in [0.3, 0.4) is 0 Å². The van der Waals surface area contributed by atoms with Gasteiger partial charge in [-0.25, -0.2) is 5.01 Å². The van der Waals surface area contributed by atoms with Crippen molar-refractivity contribution in [2.75, 3.05) is 6.54 Å². The molecule has 2 aromatic rings. The molecule has 7 heteroatoms. The van der Waals surface area contributed by atoms with Crippen LogP contribution in [0.5, 0.6) is 0 Å². The number of rotatable bonds is 4. The molecule has 24 heavy (non-hydrogen) atoms. The molecule has 0 bridgehead atoms. The summed E-state index contributed by atoms with van der Waals surface area (Å²) in [6.45, 7) is -0.253. The van der Waals surface area contributed by atoms with Crippen molar-refractivity contribution >= 4 is 23.2 Å². The Kier molecular flexibility index (Phi) is 4.79. The van der Waals surface area contributed by atoms with Gasteiger partial charge >= 0.3 is 0 Å². The van der Waals surface area contributed by atoms with Crippen LogP contribution >= 0.6 is 11.6 Å². The summed E-state index contributed by atoms with van der Waals surface area (Å²) in [6, 6.07) is 16.8. The number of azide groups is 1. The summed E-state index contributed by atoms with van der Waals surface area (Å²) in [5, 5.41) is 9.89. The van der Waals surface area contributed by atoms with Gasteiger partial charge in [-0.05, 0) is 28.8 Å². The molecule has 1 unspecified atom stereocenters. The van der Waals surface area contributed by atoms with E-state index in [1.807, 2.05) is 42.5 Å². The number of hydrogen-bond acceptors (Lipinski definition) is 3. The monoisotopic (exact) mass is 339 g/mol. The molecule has 0 N–H and O–H groups in total. The van der Waals surface area contributed by atoms with Gasteiger partial charge in [0.1, 0.15) is 6.54 Å². The first kappa shape index (κ1) is 16.1. The molecule has 1 atom stereocenters. The topological polar surface area (TPSA) is 81.4 Å². The zero-order valence-electron chi connectivity index (χ0n) is 12.7. The summed E-state index contributed by atoms with van der Waals surface area (Å²) in [5.74, 6) is -0.328. The lowest BCUT2D eigenvalue weighted by molar-refractivity contribution is -0.131. The maximum atomic E-state index is 12.4. The van der Waals surface area contributed by atoms with E-state index in [0.717, 1.165) is 16.8 Å². The molecule has 0 saturated heterocycles. The molecule has 3 rings (SSSR count). The highest BCUT2D eigenvalue weighted by molar-refractivity contribution is 6.30. The molecule has 1 aliphatic heterocycles. The first-order chi connectivity index (χ1) is 11.7. The highest BCUT2D eigenvalue weighted by Gasteiger charge is 2.32. The maximum Gasteiger partial charge on any atom is 0.249 e. The van der Waals surface area contributed by atoms with Crippen LogP contribution in [0.15, 0.2) is 64.8 Å². The Balaban J connectivity index is 1.93. The third-order valence-electron chi connectivity index (χ3n) is 3.80. The lowest BCUT2D eigenvalue weighted by atomic mass is 9.98. The molecular formula is C17H14ClN5O. The summed E-state index contributed by atoms with van der Waals surface area (Å²) >= 11 is 5.93. The molecule has 120 valence electrons. The second-order valence-electron chi connectivity index (χ2n) is 5.31. The van der Waals surface area contributed by atoms with Crippen LogP contribution in [0.2, 0.25) is 5.02 Å². The molecule has 0 spiro atoms. The number of carbonyl (C=O) groups excluding carboxylic acids is 1. The SMILES string of the molecule is [N-]=[N+]=NCC(=O)N1N=C(c2ccc(Cl)cc2)CC1c1ccccc1. The van der Waals surface area contributed by atoms with Crippen molar-refractivity contribution in [3.63, 3.8) is 0 Å². The number of amides is 1. The molecule has 6 nitrogen and oxygen atoms in total. The standard InChI is InChI=1S/C17H14ClN5O/c18-14-8-6-12(7-9-14)15-10-16(13-4-2-1-3-5-13)23(21-15)17(24)11-20-22-19/h1-9,16H,10-11H2. The molecule has 0 radical (unpaired) electrons. The molecular weight excluding hydrogens is 326 g/mol. The van der Waals surface area contributed by atoms with Crippen molar-refractivity contribution in [1.29, 1.82) is 0 Å². The number of benzene rings is 2. The minimum atomic E-state index is -0.328. The summed E-state index contributed by atoms with van der Waals surface area (Å²) < 4.78 is 0. The first-order valence-corrected chi connectivity index (χ1v) is 7.78. The summed E-state index contributed by atoms with van der Waals surface area (Å²) in [6.07, 6.45) is 0.591. The zero-order chi connectivity index (χ0) is 16.9. The summed E-state index contributed by atoms with van der Waals surface area (Å²) in [7, 11) is 0. The van der Waals surface area contributed by atoms with Crippen LogP contribution < -0.4 is 0 Å². The van der Waals surface area contributed by atoms with E-state index >= 15 is 0 Å². The lowest BCUT2D eigenvalue weighted by Crippen LogP contribution is -2.28. The quantitative estimate of drug-likeness (QED) is 0.463. The normalized spacial score (nSPS) is 16.5. The number of carbonyl (C=O) groups is 1. The Bertz CT molecular complexity index is 813. The molecule has 0 aromatic heterocycles. The molecule has 0 fully saturated rings. The Hall–Kier alpha value is -2.82. The van der Waals surface area contributed by atoms with E-state index in [2.05, 4.69) is 15.1 Å². The van der Waals surface area contributed by atoms with Crippen molar-refractivity contribution in [1.82, 2.24) is 5.01 Å². The Labute approximate surface area is 144 Å². The predicted octanol–water partition coefficient (Wildman–Crippen LogP) is 4.33.